The first-order valence-electron chi connectivity index (χ1n) is 6.66. The maximum absolute atomic E-state index is 11.1. The highest BCUT2D eigenvalue weighted by molar-refractivity contribution is 5.73. The van der Waals surface area contributed by atoms with E-state index in [1.807, 2.05) is 32.0 Å². The minimum absolute atomic E-state index is 0.0536. The van der Waals surface area contributed by atoms with E-state index in [-0.39, 0.29) is 5.92 Å². The molecule has 0 aliphatic heterocycles. The number of hydrogen-bond acceptors (Lipinski definition) is 4. The van der Waals surface area contributed by atoms with Gasteiger partial charge in [-0.25, -0.2) is 0 Å². The largest absolute Gasteiger partial charge is 0.493 e. The molecule has 0 heterocycles. The van der Waals surface area contributed by atoms with E-state index in [0.717, 1.165) is 12.0 Å². The van der Waals surface area contributed by atoms with Crippen molar-refractivity contribution < 1.29 is 19.4 Å². The van der Waals surface area contributed by atoms with Gasteiger partial charge in [0.15, 0.2) is 11.5 Å². The molecule has 112 valence electrons. The number of aliphatic carboxylic acids is 1. The van der Waals surface area contributed by atoms with Gasteiger partial charge in [-0.3, -0.25) is 4.79 Å². The highest BCUT2D eigenvalue weighted by Crippen LogP contribution is 2.27. The van der Waals surface area contributed by atoms with Crippen LogP contribution in [0.5, 0.6) is 11.5 Å². The molecule has 5 nitrogen and oxygen atoms in total. The second-order valence-corrected chi connectivity index (χ2v) is 4.95. The van der Waals surface area contributed by atoms with Crippen LogP contribution in [0, 0.1) is 5.92 Å². The van der Waals surface area contributed by atoms with Gasteiger partial charge < -0.3 is 19.9 Å². The van der Waals surface area contributed by atoms with Gasteiger partial charge in [0.25, 0.3) is 0 Å². The first-order valence-corrected chi connectivity index (χ1v) is 6.66. The molecule has 1 aromatic rings. The van der Waals surface area contributed by atoms with Crippen molar-refractivity contribution in [1.29, 1.82) is 0 Å². The minimum atomic E-state index is -0.813. The first kappa shape index (κ1) is 16.3. The quantitative estimate of drug-likeness (QED) is 0.762. The van der Waals surface area contributed by atoms with E-state index in [0.29, 0.717) is 18.0 Å². The third-order valence-electron chi connectivity index (χ3n) is 3.16. The summed E-state index contributed by atoms with van der Waals surface area (Å²) in [5.41, 5.74) is 1.07. The highest BCUT2D eigenvalue weighted by Gasteiger charge is 2.20. The molecule has 20 heavy (non-hydrogen) atoms. The van der Waals surface area contributed by atoms with E-state index in [1.165, 1.54) is 0 Å². The molecular weight excluding hydrogens is 258 g/mol. The van der Waals surface area contributed by atoms with E-state index in [1.54, 1.807) is 14.2 Å². The van der Waals surface area contributed by atoms with Gasteiger partial charge in [-0.15, -0.1) is 0 Å². The normalized spacial score (nSPS) is 12.2. The molecule has 2 N–H and O–H groups in total. The van der Waals surface area contributed by atoms with Crippen LogP contribution in [0.2, 0.25) is 0 Å². The molecule has 1 rings (SSSR count). The maximum atomic E-state index is 11.1. The summed E-state index contributed by atoms with van der Waals surface area (Å²) in [7, 11) is 3.19. The number of carbonyl (C=O) groups is 1. The number of carboxylic acid groups (broad SMARTS) is 1. The van der Waals surface area contributed by atoms with Gasteiger partial charge in [-0.1, -0.05) is 19.9 Å². The monoisotopic (exact) mass is 281 g/mol. The van der Waals surface area contributed by atoms with Gasteiger partial charge in [0.1, 0.15) is 6.04 Å². The fourth-order valence-electron chi connectivity index (χ4n) is 2.02. The predicted molar refractivity (Wildman–Crippen MR) is 77.5 cm³/mol. The third-order valence-corrected chi connectivity index (χ3v) is 3.16. The molecule has 0 radical (unpaired) electrons. The number of methoxy groups -OCH3 is 2. The van der Waals surface area contributed by atoms with E-state index in [9.17, 15) is 4.79 Å². The minimum Gasteiger partial charge on any atom is -0.493 e. The van der Waals surface area contributed by atoms with Gasteiger partial charge in [0, 0.05) is 0 Å². The van der Waals surface area contributed by atoms with Crippen molar-refractivity contribution in [1.82, 2.24) is 5.32 Å². The van der Waals surface area contributed by atoms with Gasteiger partial charge >= 0.3 is 5.97 Å². The molecule has 0 aliphatic rings. The van der Waals surface area contributed by atoms with E-state index in [4.69, 9.17) is 14.6 Å². The number of ether oxygens (including phenoxy) is 2. The molecule has 0 fully saturated rings. The molecule has 0 bridgehead atoms. The zero-order valence-corrected chi connectivity index (χ0v) is 12.5. The highest BCUT2D eigenvalue weighted by atomic mass is 16.5. The summed E-state index contributed by atoms with van der Waals surface area (Å²) in [6, 6.07) is 5.20. The number of nitrogens with one attached hydrogen (secondary N) is 1. The Bertz CT molecular complexity index is 445. The summed E-state index contributed by atoms with van der Waals surface area (Å²) in [5, 5.41) is 12.2. The SMILES string of the molecule is COc1ccc(CCNC(C(=O)O)C(C)C)cc1OC. The molecule has 1 atom stereocenters. The molecule has 1 unspecified atom stereocenters. The Morgan fingerprint density at radius 3 is 2.40 bits per heavy atom. The van der Waals surface area contributed by atoms with Crippen LogP contribution in [0.3, 0.4) is 0 Å². The van der Waals surface area contributed by atoms with Crippen molar-refractivity contribution in [2.24, 2.45) is 5.92 Å². The number of carboxylic acids is 1. The molecule has 0 aromatic heterocycles. The Morgan fingerprint density at radius 2 is 1.90 bits per heavy atom. The summed E-state index contributed by atoms with van der Waals surface area (Å²) < 4.78 is 10.4. The molecule has 1 aromatic carbocycles. The van der Waals surface area contributed by atoms with Gasteiger partial charge in [0.2, 0.25) is 0 Å². The van der Waals surface area contributed by atoms with Gasteiger partial charge in [-0.2, -0.15) is 0 Å². The fourth-order valence-corrected chi connectivity index (χ4v) is 2.02. The molecule has 0 spiro atoms. The van der Waals surface area contributed by atoms with Crippen LogP contribution in [0.15, 0.2) is 18.2 Å². The summed E-state index contributed by atoms with van der Waals surface area (Å²) >= 11 is 0. The molecular formula is C15H23NO4. The van der Waals surface area contributed by atoms with Crippen LogP contribution in [-0.4, -0.2) is 37.9 Å². The lowest BCUT2D eigenvalue weighted by Gasteiger charge is -2.18. The first-order chi connectivity index (χ1) is 9.49. The topological polar surface area (TPSA) is 67.8 Å². The summed E-state index contributed by atoms with van der Waals surface area (Å²) in [4.78, 5) is 11.1. The Kier molecular flexibility index (Phi) is 6.31. The second-order valence-electron chi connectivity index (χ2n) is 4.95. The third kappa shape index (κ3) is 4.42. The van der Waals surface area contributed by atoms with Gasteiger partial charge in [-0.05, 0) is 36.6 Å². The summed E-state index contributed by atoms with van der Waals surface area (Å²) in [6.45, 7) is 4.38. The molecule has 0 saturated carbocycles. The zero-order valence-electron chi connectivity index (χ0n) is 12.5. The average molecular weight is 281 g/mol. The Hall–Kier alpha value is -1.75. The number of rotatable bonds is 8. The lowest BCUT2D eigenvalue weighted by molar-refractivity contribution is -0.140. The van der Waals surface area contributed by atoms with Crippen molar-refractivity contribution in [2.75, 3.05) is 20.8 Å². The molecule has 0 amide bonds. The number of hydrogen-bond donors (Lipinski definition) is 2. The Balaban J connectivity index is 2.59. The molecule has 5 heteroatoms. The lowest BCUT2D eigenvalue weighted by atomic mass is 10.0. The smallest absolute Gasteiger partial charge is 0.320 e. The van der Waals surface area contributed by atoms with Crippen molar-refractivity contribution in [3.8, 4) is 11.5 Å². The second kappa shape index (κ2) is 7.75. The van der Waals surface area contributed by atoms with Crippen LogP contribution >= 0.6 is 0 Å². The maximum Gasteiger partial charge on any atom is 0.320 e. The zero-order chi connectivity index (χ0) is 15.1. The van der Waals surface area contributed by atoms with Crippen LogP contribution in [0.1, 0.15) is 19.4 Å². The van der Waals surface area contributed by atoms with Crippen LogP contribution in [0.4, 0.5) is 0 Å². The van der Waals surface area contributed by atoms with E-state index >= 15 is 0 Å². The molecule has 0 saturated heterocycles. The lowest BCUT2D eigenvalue weighted by Crippen LogP contribution is -2.41. The van der Waals surface area contributed by atoms with Crippen molar-refractivity contribution in [3.05, 3.63) is 23.8 Å². The van der Waals surface area contributed by atoms with Gasteiger partial charge in [0.05, 0.1) is 14.2 Å². The standard InChI is InChI=1S/C15H23NO4/c1-10(2)14(15(17)18)16-8-7-11-5-6-12(19-3)13(9-11)20-4/h5-6,9-10,14,16H,7-8H2,1-4H3,(H,17,18). The Morgan fingerprint density at radius 1 is 1.25 bits per heavy atom. The van der Waals surface area contributed by atoms with E-state index in [2.05, 4.69) is 5.32 Å². The summed E-state index contributed by atoms with van der Waals surface area (Å²) in [6.07, 6.45) is 0.733. The molecule has 0 aliphatic carbocycles. The average Bonchev–Trinajstić information content (AvgIpc) is 2.42. The van der Waals surface area contributed by atoms with Crippen LogP contribution in [-0.2, 0) is 11.2 Å². The predicted octanol–water partition coefficient (Wildman–Crippen LogP) is 1.95. The van der Waals surface area contributed by atoms with E-state index < -0.39 is 12.0 Å². The van der Waals surface area contributed by atoms with Crippen molar-refractivity contribution in [2.45, 2.75) is 26.3 Å². The van der Waals surface area contributed by atoms with Crippen LogP contribution < -0.4 is 14.8 Å². The fraction of sp³-hybridized carbons (Fsp3) is 0.533. The van der Waals surface area contributed by atoms with Crippen molar-refractivity contribution in [3.63, 3.8) is 0 Å². The van der Waals surface area contributed by atoms with Crippen molar-refractivity contribution >= 4 is 5.97 Å². The summed E-state index contributed by atoms with van der Waals surface area (Å²) in [5.74, 6) is 0.615. The Labute approximate surface area is 119 Å². The van der Waals surface area contributed by atoms with Crippen LogP contribution in [0.25, 0.3) is 0 Å². The number of benzene rings is 1.